The molecule has 1 aliphatic heterocycles. The molecule has 0 bridgehead atoms. The molecule has 154 valence electrons. The van der Waals surface area contributed by atoms with E-state index in [-0.39, 0.29) is 5.91 Å². The van der Waals surface area contributed by atoms with Gasteiger partial charge in [-0.05, 0) is 49.2 Å². The fraction of sp³-hybridized carbons (Fsp3) is 0.261. The smallest absolute Gasteiger partial charge is 0.222 e. The molecule has 1 aromatic heterocycles. The first kappa shape index (κ1) is 19.7. The Labute approximate surface area is 176 Å². The maximum Gasteiger partial charge on any atom is 0.222 e. The number of hydrogen-bond donors (Lipinski definition) is 2. The van der Waals surface area contributed by atoms with Gasteiger partial charge in [-0.2, -0.15) is 0 Å². The summed E-state index contributed by atoms with van der Waals surface area (Å²) in [4.78, 5) is 22.1. The zero-order valence-corrected chi connectivity index (χ0v) is 16.8. The van der Waals surface area contributed by atoms with E-state index in [4.69, 9.17) is 4.74 Å². The maximum absolute atomic E-state index is 11.6. The highest BCUT2D eigenvalue weighted by Crippen LogP contribution is 2.24. The van der Waals surface area contributed by atoms with Crippen LogP contribution in [0.3, 0.4) is 0 Å². The summed E-state index contributed by atoms with van der Waals surface area (Å²) in [6, 6.07) is 19.3. The molecule has 1 aliphatic rings. The van der Waals surface area contributed by atoms with E-state index in [2.05, 4.69) is 20.6 Å². The molecule has 1 amide bonds. The second-order valence-electron chi connectivity index (χ2n) is 7.12. The number of anilines is 3. The maximum atomic E-state index is 11.6. The van der Waals surface area contributed by atoms with E-state index in [1.807, 2.05) is 65.6 Å². The quantitative estimate of drug-likeness (QED) is 0.514. The molecule has 7 heteroatoms. The van der Waals surface area contributed by atoms with Gasteiger partial charge in [-0.15, -0.1) is 0 Å². The number of nitrogens with zero attached hydrogens (tertiary/aromatic N) is 3. The van der Waals surface area contributed by atoms with E-state index >= 15 is 0 Å². The molecule has 30 heavy (non-hydrogen) atoms. The first-order valence-corrected chi connectivity index (χ1v) is 10.2. The van der Waals surface area contributed by atoms with Crippen molar-refractivity contribution in [3.8, 4) is 11.5 Å². The van der Waals surface area contributed by atoms with Gasteiger partial charge in [-0.1, -0.05) is 18.2 Å². The van der Waals surface area contributed by atoms with Crippen LogP contribution >= 0.6 is 0 Å². The molecule has 0 atom stereocenters. The van der Waals surface area contributed by atoms with Gasteiger partial charge in [0.1, 0.15) is 29.5 Å². The molecule has 0 unspecified atom stereocenters. The molecule has 2 heterocycles. The monoisotopic (exact) mass is 403 g/mol. The van der Waals surface area contributed by atoms with Crippen molar-refractivity contribution in [2.45, 2.75) is 19.3 Å². The number of para-hydroxylation sites is 1. The van der Waals surface area contributed by atoms with Gasteiger partial charge in [-0.3, -0.25) is 4.79 Å². The Morgan fingerprint density at radius 1 is 0.967 bits per heavy atom. The van der Waals surface area contributed by atoms with E-state index in [0.717, 1.165) is 55.5 Å². The minimum absolute atomic E-state index is 0.267. The largest absolute Gasteiger partial charge is 0.457 e. The summed E-state index contributed by atoms with van der Waals surface area (Å²) in [7, 11) is 0. The highest BCUT2D eigenvalue weighted by Gasteiger charge is 2.18. The molecule has 1 saturated heterocycles. The van der Waals surface area contributed by atoms with Crippen LogP contribution in [-0.2, 0) is 4.79 Å². The lowest BCUT2D eigenvalue weighted by Crippen LogP contribution is -2.27. The van der Waals surface area contributed by atoms with E-state index in [1.165, 1.54) is 6.33 Å². The second kappa shape index (κ2) is 9.73. The highest BCUT2D eigenvalue weighted by molar-refractivity contribution is 5.78. The molecule has 7 nitrogen and oxygen atoms in total. The Kier molecular flexibility index (Phi) is 6.39. The molecule has 0 radical (unpaired) electrons. The summed E-state index contributed by atoms with van der Waals surface area (Å²) in [5, 5.41) is 6.57. The number of amides is 1. The lowest BCUT2D eigenvalue weighted by Gasteiger charge is -2.15. The number of carbonyl (C=O) groups excluding carboxylic acids is 1. The average molecular weight is 403 g/mol. The molecular formula is C23H25N5O2. The third kappa shape index (κ3) is 5.47. The van der Waals surface area contributed by atoms with Crippen LogP contribution in [0.4, 0.5) is 17.3 Å². The van der Waals surface area contributed by atoms with Crippen molar-refractivity contribution in [1.29, 1.82) is 0 Å². The fourth-order valence-electron chi connectivity index (χ4n) is 3.33. The topological polar surface area (TPSA) is 79.4 Å². The number of benzene rings is 2. The summed E-state index contributed by atoms with van der Waals surface area (Å²) in [5.74, 6) is 3.30. The zero-order chi connectivity index (χ0) is 20.6. The number of carbonyl (C=O) groups is 1. The molecule has 2 aromatic carbocycles. The molecule has 0 spiro atoms. The van der Waals surface area contributed by atoms with Crippen molar-refractivity contribution >= 4 is 23.2 Å². The Morgan fingerprint density at radius 3 is 2.50 bits per heavy atom. The van der Waals surface area contributed by atoms with Crippen LogP contribution in [0.2, 0.25) is 0 Å². The van der Waals surface area contributed by atoms with Crippen molar-refractivity contribution in [1.82, 2.24) is 14.9 Å². The Balaban J connectivity index is 1.27. The van der Waals surface area contributed by atoms with Crippen LogP contribution in [0.1, 0.15) is 19.3 Å². The molecule has 2 N–H and O–H groups in total. The second-order valence-corrected chi connectivity index (χ2v) is 7.12. The predicted octanol–water partition coefficient (Wildman–Crippen LogP) is 4.44. The Morgan fingerprint density at radius 2 is 1.73 bits per heavy atom. The van der Waals surface area contributed by atoms with Crippen molar-refractivity contribution in [3.63, 3.8) is 0 Å². The molecule has 3 aromatic rings. The van der Waals surface area contributed by atoms with Gasteiger partial charge in [0.25, 0.3) is 0 Å². The van der Waals surface area contributed by atoms with Crippen LogP contribution in [0.15, 0.2) is 67.0 Å². The van der Waals surface area contributed by atoms with E-state index in [9.17, 15) is 4.79 Å². The SMILES string of the molecule is O=C1CCCN1CCCNc1cc(Nc2ccc(Oc3ccccc3)cc2)ncn1. The number of rotatable bonds is 9. The van der Waals surface area contributed by atoms with Gasteiger partial charge in [0.15, 0.2) is 0 Å². The normalized spacial score (nSPS) is 13.3. The molecule has 0 saturated carbocycles. The standard InChI is InChI=1S/C23H25N5O2/c29-23-8-4-14-28(23)15-5-13-24-21-16-22(26-17-25-21)27-18-9-11-20(12-10-18)30-19-6-2-1-3-7-19/h1-3,6-7,9-12,16-17H,4-5,8,13-15H2,(H2,24,25,26,27). The third-order valence-corrected chi connectivity index (χ3v) is 4.86. The molecule has 4 rings (SSSR count). The lowest BCUT2D eigenvalue weighted by atomic mass is 10.3. The number of likely N-dealkylation sites (tertiary alicyclic amines) is 1. The minimum Gasteiger partial charge on any atom is -0.457 e. The summed E-state index contributed by atoms with van der Waals surface area (Å²) in [6.45, 7) is 2.43. The predicted molar refractivity (Wildman–Crippen MR) is 117 cm³/mol. The van der Waals surface area contributed by atoms with Crippen LogP contribution < -0.4 is 15.4 Å². The van der Waals surface area contributed by atoms with Crippen molar-refractivity contribution in [3.05, 3.63) is 67.0 Å². The summed E-state index contributed by atoms with van der Waals surface area (Å²) < 4.78 is 5.81. The zero-order valence-electron chi connectivity index (χ0n) is 16.8. The summed E-state index contributed by atoms with van der Waals surface area (Å²) in [5.41, 5.74) is 0.910. The van der Waals surface area contributed by atoms with Crippen LogP contribution in [0.5, 0.6) is 11.5 Å². The molecule has 0 aliphatic carbocycles. The van der Waals surface area contributed by atoms with Gasteiger partial charge in [0, 0.05) is 37.8 Å². The van der Waals surface area contributed by atoms with Crippen LogP contribution in [0, 0.1) is 0 Å². The third-order valence-electron chi connectivity index (χ3n) is 4.86. The van der Waals surface area contributed by atoms with Crippen molar-refractivity contribution in [2.24, 2.45) is 0 Å². The van der Waals surface area contributed by atoms with E-state index in [0.29, 0.717) is 12.2 Å². The van der Waals surface area contributed by atoms with Gasteiger partial charge >= 0.3 is 0 Å². The average Bonchev–Trinajstić information content (AvgIpc) is 3.18. The summed E-state index contributed by atoms with van der Waals surface area (Å²) in [6.07, 6.45) is 4.09. The first-order valence-electron chi connectivity index (χ1n) is 10.2. The van der Waals surface area contributed by atoms with Gasteiger partial charge in [-0.25, -0.2) is 9.97 Å². The van der Waals surface area contributed by atoms with Gasteiger partial charge in [0.05, 0.1) is 0 Å². The minimum atomic E-state index is 0.267. The first-order chi connectivity index (χ1) is 14.8. The molecule has 1 fully saturated rings. The van der Waals surface area contributed by atoms with Crippen LogP contribution in [0.25, 0.3) is 0 Å². The van der Waals surface area contributed by atoms with Crippen molar-refractivity contribution in [2.75, 3.05) is 30.3 Å². The van der Waals surface area contributed by atoms with Gasteiger partial charge in [0.2, 0.25) is 5.91 Å². The lowest BCUT2D eigenvalue weighted by molar-refractivity contribution is -0.127. The fourth-order valence-corrected chi connectivity index (χ4v) is 3.33. The number of hydrogen-bond acceptors (Lipinski definition) is 6. The number of aromatic nitrogens is 2. The van der Waals surface area contributed by atoms with E-state index in [1.54, 1.807) is 0 Å². The Hall–Kier alpha value is -3.61. The van der Waals surface area contributed by atoms with E-state index < -0.39 is 0 Å². The summed E-state index contributed by atoms with van der Waals surface area (Å²) >= 11 is 0. The van der Waals surface area contributed by atoms with Gasteiger partial charge < -0.3 is 20.3 Å². The highest BCUT2D eigenvalue weighted by atomic mass is 16.5. The number of ether oxygens (including phenoxy) is 1. The Bertz CT molecular complexity index is 963. The number of nitrogens with one attached hydrogen (secondary N) is 2. The molecular weight excluding hydrogens is 378 g/mol. The van der Waals surface area contributed by atoms with Crippen LogP contribution in [-0.4, -0.2) is 40.4 Å². The van der Waals surface area contributed by atoms with Crippen molar-refractivity contribution < 1.29 is 9.53 Å².